The molecule has 0 spiro atoms. The van der Waals surface area contributed by atoms with Gasteiger partial charge in [-0.2, -0.15) is 0 Å². The van der Waals surface area contributed by atoms with Crippen LogP contribution in [0.2, 0.25) is 0 Å². The highest BCUT2D eigenvalue weighted by Crippen LogP contribution is 2.14. The summed E-state index contributed by atoms with van der Waals surface area (Å²) < 4.78 is 0. The molecule has 1 aliphatic heterocycles. The third-order valence-electron chi connectivity index (χ3n) is 2.10. The normalized spacial score (nSPS) is 19.9. The molecule has 2 nitrogen and oxygen atoms in total. The van der Waals surface area contributed by atoms with Gasteiger partial charge in [-0.25, -0.2) is 0 Å². The van der Waals surface area contributed by atoms with Gasteiger partial charge in [0.15, 0.2) is 0 Å². The highest BCUT2D eigenvalue weighted by molar-refractivity contribution is 4.67. The average Bonchev–Trinajstić information content (AvgIpc) is 2.24. The van der Waals surface area contributed by atoms with Crippen LogP contribution in [-0.4, -0.2) is 27.2 Å². The lowest BCUT2D eigenvalue weighted by molar-refractivity contribution is 0.355. The Morgan fingerprint density at radius 1 is 1.29 bits per heavy atom. The van der Waals surface area contributed by atoms with Crippen molar-refractivity contribution in [3.8, 4) is 0 Å². The number of rotatable bonds is 2. The highest BCUT2D eigenvalue weighted by atomic mass is 14.9. The minimum absolute atomic E-state index is 0.990. The van der Waals surface area contributed by atoms with E-state index in [0.29, 0.717) is 0 Å². The van der Waals surface area contributed by atoms with Gasteiger partial charge in [0, 0.05) is 0 Å². The van der Waals surface area contributed by atoms with Gasteiger partial charge in [-0.1, -0.05) is 27.2 Å². The maximum absolute atomic E-state index is 3.42. The maximum Gasteiger partial charge on any atom is -0.00205 e. The summed E-state index contributed by atoms with van der Waals surface area (Å²) >= 11 is 0. The lowest BCUT2D eigenvalue weighted by atomic mass is 9.95. The molecular weight excluding hydrogens is 172 g/mol. The van der Waals surface area contributed by atoms with E-state index >= 15 is 0 Å². The van der Waals surface area contributed by atoms with Crippen molar-refractivity contribution in [2.75, 3.05) is 27.2 Å². The van der Waals surface area contributed by atoms with Crippen LogP contribution in [0.15, 0.2) is 0 Å². The predicted molar refractivity (Wildman–Crippen MR) is 66.8 cm³/mol. The number of hydrogen-bond acceptors (Lipinski definition) is 2. The number of nitrogens with one attached hydrogen (secondary N) is 2. The number of piperidine rings is 1. The van der Waals surface area contributed by atoms with Crippen LogP contribution in [0.5, 0.6) is 0 Å². The van der Waals surface area contributed by atoms with Crippen LogP contribution in [0.1, 0.15) is 46.5 Å². The first kappa shape index (κ1) is 16.4. The molecule has 14 heavy (non-hydrogen) atoms. The summed E-state index contributed by atoms with van der Waals surface area (Å²) in [5, 5.41) is 6.17. The van der Waals surface area contributed by atoms with E-state index in [2.05, 4.69) is 17.6 Å². The van der Waals surface area contributed by atoms with E-state index in [9.17, 15) is 0 Å². The Hall–Kier alpha value is -0.0800. The first-order valence-electron chi connectivity index (χ1n) is 6.14. The summed E-state index contributed by atoms with van der Waals surface area (Å²) in [5.74, 6) is 0.990. The van der Waals surface area contributed by atoms with Crippen molar-refractivity contribution in [2.45, 2.75) is 46.5 Å². The van der Waals surface area contributed by atoms with Crippen LogP contribution in [0.3, 0.4) is 0 Å². The minimum atomic E-state index is 0.990. The molecule has 0 aliphatic carbocycles. The molecule has 0 saturated carbocycles. The van der Waals surface area contributed by atoms with Crippen LogP contribution in [0, 0.1) is 5.92 Å². The van der Waals surface area contributed by atoms with Crippen LogP contribution < -0.4 is 10.6 Å². The van der Waals surface area contributed by atoms with E-state index < -0.39 is 0 Å². The van der Waals surface area contributed by atoms with Crippen LogP contribution >= 0.6 is 0 Å². The molecule has 1 unspecified atom stereocenters. The topological polar surface area (TPSA) is 24.1 Å². The van der Waals surface area contributed by atoms with E-state index in [-0.39, 0.29) is 0 Å². The highest BCUT2D eigenvalue weighted by Gasteiger charge is 2.10. The van der Waals surface area contributed by atoms with Crippen molar-refractivity contribution in [3.05, 3.63) is 0 Å². The summed E-state index contributed by atoms with van der Waals surface area (Å²) in [6, 6.07) is 0. The molecule has 0 aromatic rings. The second-order valence-corrected chi connectivity index (χ2v) is 3.50. The zero-order valence-electron chi connectivity index (χ0n) is 10.8. The van der Waals surface area contributed by atoms with Crippen molar-refractivity contribution >= 4 is 0 Å². The van der Waals surface area contributed by atoms with Gasteiger partial charge in [-0.15, -0.1) is 0 Å². The zero-order valence-corrected chi connectivity index (χ0v) is 10.8. The first-order chi connectivity index (χ1) is 6.85. The van der Waals surface area contributed by atoms with Gasteiger partial charge in [0.1, 0.15) is 0 Å². The first-order valence-corrected chi connectivity index (χ1v) is 6.14. The Bertz CT molecular complexity index is 75.6. The zero-order chi connectivity index (χ0) is 11.2. The van der Waals surface area contributed by atoms with E-state index in [0.717, 1.165) is 5.92 Å². The van der Waals surface area contributed by atoms with Gasteiger partial charge in [0.05, 0.1) is 0 Å². The molecule has 88 valence electrons. The molecule has 0 aromatic carbocycles. The van der Waals surface area contributed by atoms with E-state index in [1.54, 1.807) is 0 Å². The van der Waals surface area contributed by atoms with Gasteiger partial charge in [-0.05, 0) is 52.4 Å². The lowest BCUT2D eigenvalue weighted by Gasteiger charge is -2.21. The summed E-state index contributed by atoms with van der Waals surface area (Å²) in [6.07, 6.45) is 5.63. The smallest absolute Gasteiger partial charge is 0.00205 e. The average molecular weight is 202 g/mol. The Labute approximate surface area is 90.9 Å². The van der Waals surface area contributed by atoms with Gasteiger partial charge < -0.3 is 10.6 Å². The SMILES string of the molecule is CC.CCCC1CCCNC1.CNC. The molecule has 1 rings (SSSR count). The summed E-state index contributed by atoms with van der Waals surface area (Å²) in [5.41, 5.74) is 0. The molecule has 1 heterocycles. The van der Waals surface area contributed by atoms with Crippen LogP contribution in [-0.2, 0) is 0 Å². The molecule has 2 N–H and O–H groups in total. The predicted octanol–water partition coefficient (Wildman–Crippen LogP) is 2.65. The maximum atomic E-state index is 3.42. The van der Waals surface area contributed by atoms with Crippen molar-refractivity contribution in [2.24, 2.45) is 5.92 Å². The lowest BCUT2D eigenvalue weighted by Crippen LogP contribution is -2.29. The fourth-order valence-electron chi connectivity index (χ4n) is 1.58. The molecule has 0 bridgehead atoms. The van der Waals surface area contributed by atoms with Crippen LogP contribution in [0.4, 0.5) is 0 Å². The molecule has 1 aliphatic rings. The second-order valence-electron chi connectivity index (χ2n) is 3.50. The van der Waals surface area contributed by atoms with Gasteiger partial charge >= 0.3 is 0 Å². The Morgan fingerprint density at radius 2 is 1.86 bits per heavy atom. The Morgan fingerprint density at radius 3 is 2.21 bits per heavy atom. The quantitative estimate of drug-likeness (QED) is 0.719. The fraction of sp³-hybridized carbons (Fsp3) is 1.00. The standard InChI is InChI=1S/C8H17N.C2H7N.C2H6/c1-2-4-8-5-3-6-9-7-8;1-3-2;1-2/h8-9H,2-7H2,1H3;3H,1-2H3;1-2H3. The molecule has 0 aromatic heterocycles. The monoisotopic (exact) mass is 202 g/mol. The minimum Gasteiger partial charge on any atom is -0.323 e. The second kappa shape index (κ2) is 15.4. The largest absolute Gasteiger partial charge is 0.323 e. The molecule has 0 amide bonds. The van der Waals surface area contributed by atoms with Crippen molar-refractivity contribution < 1.29 is 0 Å². The van der Waals surface area contributed by atoms with Crippen molar-refractivity contribution in [3.63, 3.8) is 0 Å². The molecule has 1 fully saturated rings. The molecular formula is C12H30N2. The third kappa shape index (κ3) is 11.9. The molecule has 2 heteroatoms. The van der Waals surface area contributed by atoms with Crippen molar-refractivity contribution in [1.82, 2.24) is 10.6 Å². The number of hydrogen-bond donors (Lipinski definition) is 2. The molecule has 0 radical (unpaired) electrons. The van der Waals surface area contributed by atoms with Gasteiger partial charge in [-0.3, -0.25) is 0 Å². The van der Waals surface area contributed by atoms with Crippen molar-refractivity contribution in [1.29, 1.82) is 0 Å². The van der Waals surface area contributed by atoms with E-state index in [4.69, 9.17) is 0 Å². The summed E-state index contributed by atoms with van der Waals surface area (Å²) in [6.45, 7) is 8.79. The Kier molecular flexibility index (Phi) is 18.0. The van der Waals surface area contributed by atoms with E-state index in [1.807, 2.05) is 27.9 Å². The molecule has 1 saturated heterocycles. The molecule has 1 atom stereocenters. The fourth-order valence-corrected chi connectivity index (χ4v) is 1.58. The van der Waals surface area contributed by atoms with Gasteiger partial charge in [0.2, 0.25) is 0 Å². The third-order valence-corrected chi connectivity index (χ3v) is 2.10. The van der Waals surface area contributed by atoms with Crippen LogP contribution in [0.25, 0.3) is 0 Å². The Balaban J connectivity index is 0. The summed E-state index contributed by atoms with van der Waals surface area (Å²) in [7, 11) is 3.75. The summed E-state index contributed by atoms with van der Waals surface area (Å²) in [4.78, 5) is 0. The van der Waals surface area contributed by atoms with E-state index in [1.165, 1.54) is 38.8 Å². The van der Waals surface area contributed by atoms with Gasteiger partial charge in [0.25, 0.3) is 0 Å².